The van der Waals surface area contributed by atoms with E-state index < -0.39 is 0 Å². The molecule has 3 aliphatic rings. The van der Waals surface area contributed by atoms with Crippen molar-refractivity contribution >= 4 is 6.03 Å². The van der Waals surface area contributed by atoms with E-state index in [0.29, 0.717) is 0 Å². The summed E-state index contributed by atoms with van der Waals surface area (Å²) in [6.45, 7) is 7.58. The van der Waals surface area contributed by atoms with Crippen molar-refractivity contribution in [2.24, 2.45) is 0 Å². The van der Waals surface area contributed by atoms with Crippen LogP contribution in [0.1, 0.15) is 25.7 Å². The molecular weight excluding hydrogens is 240 g/mol. The van der Waals surface area contributed by atoms with Gasteiger partial charge in [0, 0.05) is 58.4 Å². The summed E-state index contributed by atoms with van der Waals surface area (Å²) in [7, 11) is 0. The predicted molar refractivity (Wildman–Crippen MR) is 75.2 cm³/mol. The quantitative estimate of drug-likeness (QED) is 0.754. The summed E-state index contributed by atoms with van der Waals surface area (Å²) in [6, 6.07) is 1.06. The van der Waals surface area contributed by atoms with E-state index in [9.17, 15) is 4.79 Å². The molecule has 0 radical (unpaired) electrons. The number of carbonyl (C=O) groups excluding carboxylic acids is 1. The lowest BCUT2D eigenvalue weighted by Gasteiger charge is -2.40. The van der Waals surface area contributed by atoms with E-state index >= 15 is 0 Å². The summed E-state index contributed by atoms with van der Waals surface area (Å²) in [6.07, 6.45) is 5.52. The van der Waals surface area contributed by atoms with Crippen LogP contribution in [0.5, 0.6) is 0 Å². The zero-order chi connectivity index (χ0) is 13.1. The Hall–Kier alpha value is -0.810. The summed E-state index contributed by atoms with van der Waals surface area (Å²) < 4.78 is 0. The Balaban J connectivity index is 1.47. The minimum absolute atomic E-state index is 0.257. The largest absolute Gasteiger partial charge is 0.322 e. The molecule has 1 aliphatic carbocycles. The minimum atomic E-state index is 0.257. The Kier molecular flexibility index (Phi) is 4.23. The molecule has 2 heterocycles. The number of amides is 2. The molecule has 0 spiro atoms. The predicted octanol–water partition coefficient (Wildman–Crippen LogP) is 0.572. The monoisotopic (exact) mass is 266 g/mol. The van der Waals surface area contributed by atoms with Crippen LogP contribution in [0.2, 0.25) is 0 Å². The van der Waals surface area contributed by atoms with Crippen LogP contribution in [-0.4, -0.2) is 79.1 Å². The van der Waals surface area contributed by atoms with Gasteiger partial charge in [0.25, 0.3) is 0 Å². The van der Waals surface area contributed by atoms with E-state index in [1.807, 2.05) is 4.90 Å². The second kappa shape index (κ2) is 6.09. The van der Waals surface area contributed by atoms with Gasteiger partial charge in [-0.2, -0.15) is 0 Å². The van der Waals surface area contributed by atoms with Crippen LogP contribution in [0.4, 0.5) is 4.79 Å². The third-order valence-corrected chi connectivity index (χ3v) is 4.81. The van der Waals surface area contributed by atoms with Crippen molar-refractivity contribution in [3.8, 4) is 0 Å². The SMILES string of the molecule is O=C(N1CCNCC1)N1CCN(C2CCCC2)CC1. The van der Waals surface area contributed by atoms with E-state index in [4.69, 9.17) is 0 Å². The van der Waals surface area contributed by atoms with Gasteiger partial charge in [-0.15, -0.1) is 0 Å². The van der Waals surface area contributed by atoms with Crippen LogP contribution in [0.3, 0.4) is 0 Å². The fraction of sp³-hybridized carbons (Fsp3) is 0.929. The number of hydrogen-bond donors (Lipinski definition) is 1. The smallest absolute Gasteiger partial charge is 0.320 e. The lowest BCUT2D eigenvalue weighted by molar-refractivity contribution is 0.0897. The summed E-state index contributed by atoms with van der Waals surface area (Å²) in [5.74, 6) is 0. The lowest BCUT2D eigenvalue weighted by atomic mass is 10.2. The van der Waals surface area contributed by atoms with Crippen molar-refractivity contribution in [1.82, 2.24) is 20.0 Å². The van der Waals surface area contributed by atoms with Gasteiger partial charge in [-0.3, -0.25) is 4.90 Å². The number of nitrogens with zero attached hydrogens (tertiary/aromatic N) is 3. The highest BCUT2D eigenvalue weighted by Crippen LogP contribution is 2.24. The molecule has 0 aromatic carbocycles. The standard InChI is InChI=1S/C14H26N4O/c19-14(17-7-5-15-6-8-17)18-11-9-16(10-12-18)13-3-1-2-4-13/h13,15H,1-12H2. The Bertz CT molecular complexity index is 303. The molecule has 0 aromatic rings. The first kappa shape index (κ1) is 13.2. The summed E-state index contributed by atoms with van der Waals surface area (Å²) >= 11 is 0. The van der Waals surface area contributed by atoms with Gasteiger partial charge in [0.05, 0.1) is 0 Å². The van der Waals surface area contributed by atoms with Crippen LogP contribution in [-0.2, 0) is 0 Å². The molecule has 5 heteroatoms. The van der Waals surface area contributed by atoms with Crippen LogP contribution >= 0.6 is 0 Å². The molecule has 0 atom stereocenters. The number of urea groups is 1. The first-order valence-electron chi connectivity index (χ1n) is 7.83. The van der Waals surface area contributed by atoms with Gasteiger partial charge in [0.1, 0.15) is 0 Å². The third kappa shape index (κ3) is 3.03. The number of piperazine rings is 2. The molecule has 108 valence electrons. The van der Waals surface area contributed by atoms with E-state index in [1.165, 1.54) is 25.7 Å². The molecule has 0 bridgehead atoms. The second-order valence-corrected chi connectivity index (χ2v) is 5.98. The maximum atomic E-state index is 12.4. The molecule has 2 saturated heterocycles. The molecule has 3 fully saturated rings. The van der Waals surface area contributed by atoms with Gasteiger partial charge < -0.3 is 15.1 Å². The average molecular weight is 266 g/mol. The van der Waals surface area contributed by atoms with Crippen molar-refractivity contribution in [3.05, 3.63) is 0 Å². The molecule has 5 nitrogen and oxygen atoms in total. The normalized spacial score (nSPS) is 26.9. The van der Waals surface area contributed by atoms with Crippen molar-refractivity contribution in [3.63, 3.8) is 0 Å². The van der Waals surface area contributed by atoms with Gasteiger partial charge in [0.2, 0.25) is 0 Å². The number of carbonyl (C=O) groups is 1. The number of rotatable bonds is 1. The van der Waals surface area contributed by atoms with E-state index in [2.05, 4.69) is 15.1 Å². The Morgan fingerprint density at radius 3 is 2.05 bits per heavy atom. The van der Waals surface area contributed by atoms with Crippen molar-refractivity contribution < 1.29 is 4.79 Å². The fourth-order valence-electron chi connectivity index (χ4n) is 3.60. The Morgan fingerprint density at radius 2 is 1.42 bits per heavy atom. The maximum absolute atomic E-state index is 12.4. The van der Waals surface area contributed by atoms with Gasteiger partial charge in [-0.25, -0.2) is 4.79 Å². The third-order valence-electron chi connectivity index (χ3n) is 4.81. The average Bonchev–Trinajstić information content (AvgIpc) is 3.02. The highest BCUT2D eigenvalue weighted by Gasteiger charge is 2.29. The van der Waals surface area contributed by atoms with E-state index in [-0.39, 0.29) is 6.03 Å². The maximum Gasteiger partial charge on any atom is 0.320 e. The highest BCUT2D eigenvalue weighted by atomic mass is 16.2. The van der Waals surface area contributed by atoms with Crippen molar-refractivity contribution in [2.75, 3.05) is 52.4 Å². The second-order valence-electron chi connectivity index (χ2n) is 5.98. The van der Waals surface area contributed by atoms with Crippen LogP contribution < -0.4 is 5.32 Å². The van der Waals surface area contributed by atoms with Crippen LogP contribution in [0.25, 0.3) is 0 Å². The lowest BCUT2D eigenvalue weighted by Crippen LogP contribution is -2.57. The molecule has 0 unspecified atom stereocenters. The molecule has 19 heavy (non-hydrogen) atoms. The molecule has 2 aliphatic heterocycles. The molecule has 1 saturated carbocycles. The first-order valence-corrected chi connectivity index (χ1v) is 7.83. The summed E-state index contributed by atoms with van der Waals surface area (Å²) in [4.78, 5) is 19.0. The first-order chi connectivity index (χ1) is 9.34. The Morgan fingerprint density at radius 1 is 0.842 bits per heavy atom. The summed E-state index contributed by atoms with van der Waals surface area (Å²) in [5.41, 5.74) is 0. The van der Waals surface area contributed by atoms with Gasteiger partial charge in [0.15, 0.2) is 0 Å². The minimum Gasteiger partial charge on any atom is -0.322 e. The molecular formula is C14H26N4O. The van der Waals surface area contributed by atoms with Gasteiger partial charge in [-0.05, 0) is 12.8 Å². The summed E-state index contributed by atoms with van der Waals surface area (Å²) in [5, 5.41) is 3.30. The molecule has 1 N–H and O–H groups in total. The zero-order valence-corrected chi connectivity index (χ0v) is 11.8. The highest BCUT2D eigenvalue weighted by molar-refractivity contribution is 5.74. The van der Waals surface area contributed by atoms with Crippen molar-refractivity contribution in [1.29, 1.82) is 0 Å². The van der Waals surface area contributed by atoms with Gasteiger partial charge in [-0.1, -0.05) is 12.8 Å². The van der Waals surface area contributed by atoms with Crippen LogP contribution in [0.15, 0.2) is 0 Å². The molecule has 2 amide bonds. The topological polar surface area (TPSA) is 38.8 Å². The molecule has 3 rings (SSSR count). The van der Waals surface area contributed by atoms with E-state index in [0.717, 1.165) is 58.4 Å². The fourth-order valence-corrected chi connectivity index (χ4v) is 3.60. The van der Waals surface area contributed by atoms with E-state index in [1.54, 1.807) is 0 Å². The Labute approximate surface area is 115 Å². The van der Waals surface area contributed by atoms with Gasteiger partial charge >= 0.3 is 6.03 Å². The van der Waals surface area contributed by atoms with Crippen molar-refractivity contribution in [2.45, 2.75) is 31.7 Å². The number of nitrogens with one attached hydrogen (secondary N) is 1. The molecule has 0 aromatic heterocycles. The van der Waals surface area contributed by atoms with Crippen LogP contribution in [0, 0.1) is 0 Å². The zero-order valence-electron chi connectivity index (χ0n) is 11.8. The number of hydrogen-bond acceptors (Lipinski definition) is 3.